The average Bonchev–Trinajstić information content (AvgIpc) is 3.96. The Labute approximate surface area is 379 Å². The maximum atomic E-state index is 14.4. The van der Waals surface area contributed by atoms with Crippen molar-refractivity contribution in [2.75, 3.05) is 7.11 Å². The first-order valence-electron chi connectivity index (χ1n) is 21.3. The molecule has 64 heavy (non-hydrogen) atoms. The molecule has 318 valence electrons. The molecule has 0 saturated heterocycles. The Balaban J connectivity index is 1.05. The zero-order valence-electron chi connectivity index (χ0n) is 35.7. The van der Waals surface area contributed by atoms with E-state index in [9.17, 15) is 9.59 Å². The number of nitrogens with zero attached hydrogens (tertiary/aromatic N) is 6. The molecule has 0 amide bonds. The van der Waals surface area contributed by atoms with Gasteiger partial charge in [0.15, 0.2) is 5.82 Å². The number of esters is 1. The largest absolute Gasteiger partial charge is 0.465 e. The molecule has 0 N–H and O–H groups in total. The minimum absolute atomic E-state index is 0.0891. The van der Waals surface area contributed by atoms with Crippen LogP contribution in [0.3, 0.4) is 0 Å². The normalized spacial score (nSPS) is 11.6. The number of unbranched alkanes of at least 4 members (excludes halogenated alkanes) is 1. The van der Waals surface area contributed by atoms with Crippen LogP contribution in [0.1, 0.15) is 75.0 Å². The zero-order valence-corrected chi connectivity index (χ0v) is 37.3. The Morgan fingerprint density at radius 3 is 2.03 bits per heavy atom. The van der Waals surface area contributed by atoms with Gasteiger partial charge in [0, 0.05) is 40.6 Å². The minimum Gasteiger partial charge on any atom is -0.465 e. The van der Waals surface area contributed by atoms with E-state index in [1.165, 1.54) is 7.11 Å². The van der Waals surface area contributed by atoms with Crippen LogP contribution in [0.15, 0.2) is 171 Å². The van der Waals surface area contributed by atoms with Crippen molar-refractivity contribution in [2.45, 2.75) is 51.6 Å². The van der Waals surface area contributed by atoms with Gasteiger partial charge in [0.1, 0.15) is 22.7 Å². The molecule has 0 aliphatic rings. The van der Waals surface area contributed by atoms with Crippen molar-refractivity contribution < 1.29 is 13.9 Å². The third kappa shape index (κ3) is 7.88. The molecule has 0 bridgehead atoms. The van der Waals surface area contributed by atoms with E-state index < -0.39 is 11.5 Å². The number of aromatic nitrogens is 6. The van der Waals surface area contributed by atoms with Crippen molar-refractivity contribution >= 4 is 32.9 Å². The molecule has 11 heteroatoms. The Morgan fingerprint density at radius 1 is 0.766 bits per heavy atom. The number of tetrazole rings is 1. The number of hydrogen-bond donors (Lipinski definition) is 0. The van der Waals surface area contributed by atoms with Crippen molar-refractivity contribution in [1.82, 2.24) is 29.8 Å². The molecule has 0 fully saturated rings. The number of hydrogen-bond acceptors (Lipinski definition) is 8. The van der Waals surface area contributed by atoms with Crippen LogP contribution in [-0.4, -0.2) is 42.8 Å². The molecular formula is C53H45BrN6O4. The summed E-state index contributed by atoms with van der Waals surface area (Å²) in [4.78, 5) is 31.6. The smallest absolute Gasteiger partial charge is 0.337 e. The van der Waals surface area contributed by atoms with Crippen molar-refractivity contribution in [2.24, 2.45) is 0 Å². The van der Waals surface area contributed by atoms with E-state index >= 15 is 0 Å². The van der Waals surface area contributed by atoms with Crippen LogP contribution >= 0.6 is 15.9 Å². The quantitative estimate of drug-likeness (QED) is 0.0782. The second-order valence-electron chi connectivity index (χ2n) is 15.8. The fourth-order valence-corrected chi connectivity index (χ4v) is 9.25. The average molecular weight is 910 g/mol. The Morgan fingerprint density at radius 2 is 1.41 bits per heavy atom. The van der Waals surface area contributed by atoms with Crippen molar-refractivity contribution in [3.63, 3.8) is 0 Å². The highest BCUT2D eigenvalue weighted by atomic mass is 79.9. The molecular weight excluding hydrogens is 865 g/mol. The molecule has 9 rings (SSSR count). The summed E-state index contributed by atoms with van der Waals surface area (Å²) in [6, 6.07) is 52.3. The predicted molar refractivity (Wildman–Crippen MR) is 252 cm³/mol. The van der Waals surface area contributed by atoms with Crippen LogP contribution in [0.25, 0.3) is 33.7 Å². The molecule has 0 unspecified atom stereocenters. The fraction of sp³-hybridized carbons (Fsp3) is 0.170. The van der Waals surface area contributed by atoms with Crippen LogP contribution < -0.4 is 5.56 Å². The molecule has 0 spiro atoms. The van der Waals surface area contributed by atoms with E-state index in [1.54, 1.807) is 22.8 Å². The Bertz CT molecular complexity index is 3050. The second-order valence-corrected chi connectivity index (χ2v) is 16.6. The monoisotopic (exact) mass is 908 g/mol. The standard InChI is InChI=1S/C53H45BrN6O4/c1-4-5-24-47-55-35(2)44(32-36-16-15-17-40(31-36)52(62)63-3)51(61)59(47)34-37-25-30-46-45(33-37)48(54)49(64-46)38-26-28-39(29-27-38)50-56-57-58-60(50)53(41-18-9-6-10-19-41,42-20-11-7-12-21-42)43-22-13-8-14-23-43/h6-23,25-31,33H,4-5,24,32,34H2,1-3H3. The second kappa shape index (κ2) is 18.2. The molecule has 0 aliphatic heterocycles. The summed E-state index contributed by atoms with van der Waals surface area (Å²) < 4.78 is 16.0. The maximum Gasteiger partial charge on any atom is 0.337 e. The van der Waals surface area contributed by atoms with Crippen molar-refractivity contribution in [1.29, 1.82) is 0 Å². The number of rotatable bonds is 14. The highest BCUT2D eigenvalue weighted by molar-refractivity contribution is 9.10. The topological polar surface area (TPSA) is 118 Å². The van der Waals surface area contributed by atoms with Gasteiger partial charge in [-0.1, -0.05) is 147 Å². The predicted octanol–water partition coefficient (Wildman–Crippen LogP) is 11.0. The maximum absolute atomic E-state index is 14.4. The number of halogens is 1. The number of carbonyl (C=O) groups is 1. The van der Waals surface area contributed by atoms with Gasteiger partial charge in [-0.2, -0.15) is 0 Å². The van der Waals surface area contributed by atoms with E-state index in [2.05, 4.69) is 75.6 Å². The summed E-state index contributed by atoms with van der Waals surface area (Å²) in [5.74, 6) is 1.62. The van der Waals surface area contributed by atoms with Gasteiger partial charge in [0.25, 0.3) is 5.56 Å². The van der Waals surface area contributed by atoms with Crippen molar-refractivity contribution in [3.8, 4) is 22.7 Å². The number of furan rings is 1. The highest BCUT2D eigenvalue weighted by Crippen LogP contribution is 2.43. The van der Waals surface area contributed by atoms with Gasteiger partial charge in [-0.3, -0.25) is 9.36 Å². The molecule has 3 aromatic heterocycles. The van der Waals surface area contributed by atoms with Gasteiger partial charge >= 0.3 is 5.97 Å². The minimum atomic E-state index is -0.878. The van der Waals surface area contributed by atoms with Gasteiger partial charge in [-0.05, 0) is 91.8 Å². The lowest BCUT2D eigenvalue weighted by molar-refractivity contribution is 0.0600. The summed E-state index contributed by atoms with van der Waals surface area (Å²) in [5, 5.41) is 14.5. The van der Waals surface area contributed by atoms with Crippen LogP contribution in [-0.2, 0) is 29.7 Å². The third-order valence-corrected chi connectivity index (χ3v) is 12.6. The summed E-state index contributed by atoms with van der Waals surface area (Å²) in [7, 11) is 1.36. The number of ether oxygens (including phenoxy) is 1. The number of fused-ring (bicyclic) bond motifs is 1. The first kappa shape index (κ1) is 42.1. The van der Waals surface area contributed by atoms with E-state index in [0.29, 0.717) is 53.4 Å². The number of aryl methyl sites for hydroxylation is 2. The highest BCUT2D eigenvalue weighted by Gasteiger charge is 2.41. The van der Waals surface area contributed by atoms with Crippen LogP contribution in [0.2, 0.25) is 0 Å². The molecule has 9 aromatic rings. The number of benzene rings is 6. The molecule has 6 aromatic carbocycles. The lowest BCUT2D eigenvalue weighted by atomic mass is 9.77. The summed E-state index contributed by atoms with van der Waals surface area (Å²) in [6.45, 7) is 4.35. The Hall–Kier alpha value is -7.24. The van der Waals surface area contributed by atoms with E-state index in [4.69, 9.17) is 19.4 Å². The van der Waals surface area contributed by atoms with Crippen LogP contribution in [0.4, 0.5) is 0 Å². The molecule has 0 saturated carbocycles. The van der Waals surface area contributed by atoms with E-state index in [-0.39, 0.29) is 5.56 Å². The van der Waals surface area contributed by atoms with Gasteiger partial charge in [0.2, 0.25) is 0 Å². The number of carbonyl (C=O) groups excluding carboxylic acids is 1. The zero-order chi connectivity index (χ0) is 44.2. The SMILES string of the molecule is CCCCc1nc(C)c(Cc2cccc(C(=O)OC)c2)c(=O)n1Cc1ccc2oc(-c3ccc(-c4nnnn4C(c4ccccc4)(c4ccccc4)c4ccccc4)cc3)c(Br)c2c1. The van der Waals surface area contributed by atoms with Gasteiger partial charge in [-0.15, -0.1) is 5.10 Å². The van der Waals surface area contributed by atoms with Crippen molar-refractivity contribution in [3.05, 3.63) is 223 Å². The summed E-state index contributed by atoms with van der Waals surface area (Å²) >= 11 is 3.88. The Kier molecular flexibility index (Phi) is 12.0. The molecule has 3 heterocycles. The van der Waals surface area contributed by atoms with Gasteiger partial charge in [-0.25, -0.2) is 14.5 Å². The first-order chi connectivity index (χ1) is 31.3. The molecule has 0 radical (unpaired) electrons. The van der Waals surface area contributed by atoms with E-state index in [0.717, 1.165) is 67.5 Å². The van der Waals surface area contributed by atoms with Crippen LogP contribution in [0, 0.1) is 6.92 Å². The number of methoxy groups -OCH3 is 1. The van der Waals surface area contributed by atoms with Crippen LogP contribution in [0.5, 0.6) is 0 Å². The molecule has 0 atom stereocenters. The third-order valence-electron chi connectivity index (χ3n) is 11.8. The summed E-state index contributed by atoms with van der Waals surface area (Å²) in [6.07, 6.45) is 2.90. The molecule has 10 nitrogen and oxygen atoms in total. The fourth-order valence-electron chi connectivity index (χ4n) is 8.63. The van der Waals surface area contributed by atoms with E-state index in [1.807, 2.05) is 109 Å². The molecule has 0 aliphatic carbocycles. The van der Waals surface area contributed by atoms with Gasteiger partial charge < -0.3 is 9.15 Å². The lowest BCUT2D eigenvalue weighted by Crippen LogP contribution is -2.39. The van der Waals surface area contributed by atoms with Gasteiger partial charge in [0.05, 0.1) is 23.7 Å². The lowest BCUT2D eigenvalue weighted by Gasteiger charge is -2.36. The first-order valence-corrected chi connectivity index (χ1v) is 22.1. The summed E-state index contributed by atoms with van der Waals surface area (Å²) in [5.41, 5.74) is 8.01.